The van der Waals surface area contributed by atoms with Crippen LogP contribution in [0.15, 0.2) is 60.7 Å². The van der Waals surface area contributed by atoms with Crippen molar-refractivity contribution >= 4 is 23.0 Å². The van der Waals surface area contributed by atoms with Crippen LogP contribution in [0, 0.1) is 12.7 Å². The molecule has 1 aliphatic heterocycles. The number of benzene rings is 3. The molecule has 4 nitrogen and oxygen atoms in total. The number of para-hydroxylation sites is 1. The molecular weight excluding hydrogens is 343 g/mol. The lowest BCUT2D eigenvalue weighted by Crippen LogP contribution is -2.14. The van der Waals surface area contributed by atoms with E-state index in [1.807, 2.05) is 24.3 Å². The molecule has 0 saturated heterocycles. The zero-order valence-corrected chi connectivity index (χ0v) is 14.9. The van der Waals surface area contributed by atoms with Gasteiger partial charge in [-0.05, 0) is 60.0 Å². The second-order valence-electron chi connectivity index (χ2n) is 6.75. The molecule has 2 N–H and O–H groups in total. The second kappa shape index (κ2) is 6.76. The highest BCUT2D eigenvalue weighted by atomic mass is 19.1. The largest absolute Gasteiger partial charge is 0.478 e. The van der Waals surface area contributed by atoms with Crippen LogP contribution in [0.1, 0.15) is 27.0 Å². The summed E-state index contributed by atoms with van der Waals surface area (Å²) in [6.07, 6.45) is 0. The van der Waals surface area contributed by atoms with Crippen LogP contribution >= 0.6 is 0 Å². The number of nitrogens with one attached hydrogen (secondary N) is 1. The fraction of sp³-hybridized carbons (Fsp3) is 0.136. The van der Waals surface area contributed by atoms with Crippen molar-refractivity contribution in [3.8, 4) is 0 Å². The fourth-order valence-corrected chi connectivity index (χ4v) is 3.37. The molecule has 0 bridgehead atoms. The zero-order valence-electron chi connectivity index (χ0n) is 14.9. The number of carboxylic acids is 1. The third kappa shape index (κ3) is 3.36. The van der Waals surface area contributed by atoms with Gasteiger partial charge in [0, 0.05) is 24.5 Å². The first-order valence-corrected chi connectivity index (χ1v) is 8.73. The van der Waals surface area contributed by atoms with Crippen molar-refractivity contribution < 1.29 is 14.3 Å². The van der Waals surface area contributed by atoms with Crippen LogP contribution in [0.2, 0.25) is 0 Å². The normalized spacial score (nSPS) is 12.7. The summed E-state index contributed by atoms with van der Waals surface area (Å²) in [7, 11) is 0. The summed E-state index contributed by atoms with van der Waals surface area (Å²) in [5.41, 5.74) is 5.45. The number of anilines is 3. The first-order chi connectivity index (χ1) is 13.0. The van der Waals surface area contributed by atoms with E-state index in [1.165, 1.54) is 5.56 Å². The van der Waals surface area contributed by atoms with E-state index in [0.29, 0.717) is 17.8 Å². The Bertz CT molecular complexity index is 1030. The molecule has 0 fully saturated rings. The number of nitrogens with zero attached hydrogens (tertiary/aromatic N) is 1. The standard InChI is InChI=1S/C22H19FN2O2/c1-14-6-9-18(11-20(14)23)25-12-15-7-8-17(10-16(15)13-25)24-21-5-3-2-4-19(21)22(26)27/h2-11,24H,12-13H2,1H3,(H,26,27). The van der Waals surface area contributed by atoms with E-state index >= 15 is 0 Å². The lowest BCUT2D eigenvalue weighted by atomic mass is 10.1. The van der Waals surface area contributed by atoms with E-state index in [0.717, 1.165) is 23.5 Å². The Balaban J connectivity index is 1.57. The summed E-state index contributed by atoms with van der Waals surface area (Å²) in [6, 6.07) is 18.1. The van der Waals surface area contributed by atoms with Gasteiger partial charge in [0.15, 0.2) is 0 Å². The molecule has 0 atom stereocenters. The summed E-state index contributed by atoms with van der Waals surface area (Å²) < 4.78 is 13.9. The number of hydrogen-bond donors (Lipinski definition) is 2. The van der Waals surface area contributed by atoms with Crippen molar-refractivity contribution in [1.29, 1.82) is 0 Å². The second-order valence-corrected chi connectivity index (χ2v) is 6.75. The van der Waals surface area contributed by atoms with Crippen molar-refractivity contribution in [3.05, 3.63) is 88.7 Å². The highest BCUT2D eigenvalue weighted by Crippen LogP contribution is 2.32. The molecule has 0 amide bonds. The summed E-state index contributed by atoms with van der Waals surface area (Å²) in [5, 5.41) is 12.5. The van der Waals surface area contributed by atoms with Crippen LogP contribution in [0.25, 0.3) is 0 Å². The lowest BCUT2D eigenvalue weighted by molar-refractivity contribution is 0.0698. The summed E-state index contributed by atoms with van der Waals surface area (Å²) in [4.78, 5) is 13.5. The van der Waals surface area contributed by atoms with Gasteiger partial charge in [-0.1, -0.05) is 24.3 Å². The number of fused-ring (bicyclic) bond motifs is 1. The van der Waals surface area contributed by atoms with E-state index in [4.69, 9.17) is 0 Å². The van der Waals surface area contributed by atoms with Crippen molar-refractivity contribution in [1.82, 2.24) is 0 Å². The Morgan fingerprint density at radius 1 is 1.04 bits per heavy atom. The van der Waals surface area contributed by atoms with E-state index in [2.05, 4.69) is 10.2 Å². The molecule has 4 rings (SSSR count). The first kappa shape index (κ1) is 17.1. The van der Waals surface area contributed by atoms with Crippen LogP contribution in [0.5, 0.6) is 0 Å². The Morgan fingerprint density at radius 2 is 1.81 bits per heavy atom. The minimum Gasteiger partial charge on any atom is -0.478 e. The molecule has 1 aliphatic rings. The molecule has 0 aromatic heterocycles. The van der Waals surface area contributed by atoms with Crippen molar-refractivity contribution in [2.24, 2.45) is 0 Å². The van der Waals surface area contributed by atoms with Gasteiger partial charge in [0.1, 0.15) is 5.82 Å². The van der Waals surface area contributed by atoms with E-state index in [9.17, 15) is 14.3 Å². The number of hydrogen-bond acceptors (Lipinski definition) is 3. The smallest absolute Gasteiger partial charge is 0.337 e. The molecule has 1 heterocycles. The molecule has 0 unspecified atom stereocenters. The maximum absolute atomic E-state index is 13.9. The van der Waals surface area contributed by atoms with E-state index in [1.54, 1.807) is 43.3 Å². The van der Waals surface area contributed by atoms with Gasteiger partial charge in [-0.2, -0.15) is 0 Å². The lowest BCUT2D eigenvalue weighted by Gasteiger charge is -2.18. The van der Waals surface area contributed by atoms with Gasteiger partial charge in [0.25, 0.3) is 0 Å². The predicted octanol–water partition coefficient (Wildman–Crippen LogP) is 5.10. The van der Waals surface area contributed by atoms with Gasteiger partial charge >= 0.3 is 5.97 Å². The monoisotopic (exact) mass is 362 g/mol. The maximum Gasteiger partial charge on any atom is 0.337 e. The Kier molecular flexibility index (Phi) is 4.28. The van der Waals surface area contributed by atoms with Crippen LogP contribution < -0.4 is 10.2 Å². The fourth-order valence-electron chi connectivity index (χ4n) is 3.37. The maximum atomic E-state index is 13.9. The summed E-state index contributed by atoms with van der Waals surface area (Å²) >= 11 is 0. The van der Waals surface area contributed by atoms with Crippen LogP contribution in [0.4, 0.5) is 21.5 Å². The SMILES string of the molecule is Cc1ccc(N2Cc3ccc(Nc4ccccc4C(=O)O)cc3C2)cc1F. The molecule has 136 valence electrons. The highest BCUT2D eigenvalue weighted by Gasteiger charge is 2.20. The van der Waals surface area contributed by atoms with Gasteiger partial charge < -0.3 is 15.3 Å². The topological polar surface area (TPSA) is 52.6 Å². The van der Waals surface area contributed by atoms with E-state index < -0.39 is 5.97 Å². The van der Waals surface area contributed by atoms with Gasteiger partial charge in [-0.15, -0.1) is 0 Å². The molecule has 0 saturated carbocycles. The molecule has 0 aliphatic carbocycles. The highest BCUT2D eigenvalue weighted by molar-refractivity contribution is 5.95. The van der Waals surface area contributed by atoms with E-state index in [-0.39, 0.29) is 11.4 Å². The molecule has 0 spiro atoms. The number of carboxylic acid groups (broad SMARTS) is 1. The average Bonchev–Trinajstić information content (AvgIpc) is 3.07. The summed E-state index contributed by atoms with van der Waals surface area (Å²) in [5.74, 6) is -1.16. The Morgan fingerprint density at radius 3 is 2.59 bits per heavy atom. The van der Waals surface area contributed by atoms with Crippen LogP contribution in [-0.2, 0) is 13.1 Å². The van der Waals surface area contributed by atoms with Gasteiger partial charge in [-0.25, -0.2) is 9.18 Å². The zero-order chi connectivity index (χ0) is 19.0. The molecule has 27 heavy (non-hydrogen) atoms. The molecule has 3 aromatic carbocycles. The Labute approximate surface area is 156 Å². The van der Waals surface area contributed by atoms with Gasteiger partial charge in [0.05, 0.1) is 11.3 Å². The van der Waals surface area contributed by atoms with Crippen molar-refractivity contribution in [2.75, 3.05) is 10.2 Å². The van der Waals surface area contributed by atoms with Gasteiger partial charge in [-0.3, -0.25) is 0 Å². The number of rotatable bonds is 4. The third-order valence-electron chi connectivity index (χ3n) is 4.89. The third-order valence-corrected chi connectivity index (χ3v) is 4.89. The van der Waals surface area contributed by atoms with Crippen LogP contribution in [0.3, 0.4) is 0 Å². The van der Waals surface area contributed by atoms with Crippen molar-refractivity contribution in [3.63, 3.8) is 0 Å². The minimum atomic E-state index is -0.966. The minimum absolute atomic E-state index is 0.198. The van der Waals surface area contributed by atoms with Gasteiger partial charge in [0.2, 0.25) is 0 Å². The number of aryl methyl sites for hydroxylation is 1. The average molecular weight is 362 g/mol. The molecular formula is C22H19FN2O2. The molecule has 5 heteroatoms. The number of halogens is 1. The first-order valence-electron chi connectivity index (χ1n) is 8.73. The number of carbonyl (C=O) groups is 1. The summed E-state index contributed by atoms with van der Waals surface area (Å²) in [6.45, 7) is 3.17. The molecule has 3 aromatic rings. The molecule has 0 radical (unpaired) electrons. The van der Waals surface area contributed by atoms with Crippen LogP contribution in [-0.4, -0.2) is 11.1 Å². The predicted molar refractivity (Wildman–Crippen MR) is 104 cm³/mol. The number of aromatic carboxylic acids is 1. The quantitative estimate of drug-likeness (QED) is 0.678. The van der Waals surface area contributed by atoms with Crippen molar-refractivity contribution in [2.45, 2.75) is 20.0 Å². The Hall–Kier alpha value is -3.34.